The fourth-order valence-electron chi connectivity index (χ4n) is 1.84. The molecule has 0 spiro atoms. The highest BCUT2D eigenvalue weighted by Crippen LogP contribution is 2.16. The fraction of sp³-hybridized carbons (Fsp3) is 0. The Morgan fingerprint density at radius 2 is 1.76 bits per heavy atom. The highest BCUT2D eigenvalue weighted by molar-refractivity contribution is 6.06. The lowest BCUT2D eigenvalue weighted by molar-refractivity contribution is 0.102. The quantitative estimate of drug-likeness (QED) is 0.733. The predicted molar refractivity (Wildman–Crippen MR) is 77.3 cm³/mol. The van der Waals surface area contributed by atoms with Crippen LogP contribution in [0.1, 0.15) is 16.2 Å². The maximum atomic E-state index is 12.3. The highest BCUT2D eigenvalue weighted by Gasteiger charge is 2.15. The lowest BCUT2D eigenvalue weighted by Gasteiger charge is -2.04. The number of pyridine rings is 1. The molecule has 2 N–H and O–H groups in total. The van der Waals surface area contributed by atoms with Crippen molar-refractivity contribution in [2.75, 3.05) is 5.73 Å². The number of nitrogens with two attached hydrogens (primary N) is 1. The number of nitrogens with zero attached hydrogens (tertiary/aromatic N) is 4. The number of rotatable bonds is 3. The summed E-state index contributed by atoms with van der Waals surface area (Å²) in [6.07, 6.45) is 3.05. The summed E-state index contributed by atoms with van der Waals surface area (Å²) in [6.45, 7) is 0. The Balaban J connectivity index is 2.05. The third kappa shape index (κ3) is 2.74. The molecular formula is C15H11N5O. The van der Waals surface area contributed by atoms with E-state index < -0.39 is 0 Å². The molecular weight excluding hydrogens is 266 g/mol. The number of benzene rings is 1. The Labute approximate surface area is 120 Å². The summed E-state index contributed by atoms with van der Waals surface area (Å²) in [6, 6.07) is 12.6. The number of hydrogen-bond donors (Lipinski definition) is 1. The molecule has 0 unspecified atom stereocenters. The normalized spacial score (nSPS) is 10.3. The number of hydrogen-bond acceptors (Lipinski definition) is 6. The number of aromatic nitrogens is 4. The maximum absolute atomic E-state index is 12.3. The molecule has 0 atom stereocenters. The lowest BCUT2D eigenvalue weighted by Crippen LogP contribution is -2.11. The molecule has 3 rings (SSSR count). The van der Waals surface area contributed by atoms with E-state index in [1.807, 2.05) is 30.3 Å². The SMILES string of the molecule is Nc1nc(C(=O)c2cccnc2)nc(-c2ccccc2)n1. The Kier molecular flexibility index (Phi) is 3.34. The van der Waals surface area contributed by atoms with Crippen LogP contribution in [0.2, 0.25) is 0 Å². The molecule has 21 heavy (non-hydrogen) atoms. The highest BCUT2D eigenvalue weighted by atomic mass is 16.1. The van der Waals surface area contributed by atoms with Crippen LogP contribution in [0.4, 0.5) is 5.95 Å². The average molecular weight is 277 g/mol. The van der Waals surface area contributed by atoms with Crippen molar-refractivity contribution in [1.29, 1.82) is 0 Å². The second-order valence-electron chi connectivity index (χ2n) is 4.28. The zero-order chi connectivity index (χ0) is 14.7. The molecule has 2 heterocycles. The van der Waals surface area contributed by atoms with Crippen molar-refractivity contribution in [1.82, 2.24) is 19.9 Å². The fourth-order valence-corrected chi connectivity index (χ4v) is 1.84. The van der Waals surface area contributed by atoms with Gasteiger partial charge in [0.05, 0.1) is 0 Å². The van der Waals surface area contributed by atoms with Gasteiger partial charge in [-0.2, -0.15) is 9.97 Å². The van der Waals surface area contributed by atoms with Crippen LogP contribution in [0.3, 0.4) is 0 Å². The lowest BCUT2D eigenvalue weighted by atomic mass is 10.1. The minimum absolute atomic E-state index is 0.00866. The topological polar surface area (TPSA) is 94.7 Å². The van der Waals surface area contributed by atoms with Gasteiger partial charge >= 0.3 is 0 Å². The van der Waals surface area contributed by atoms with Gasteiger partial charge in [0.25, 0.3) is 0 Å². The summed E-state index contributed by atoms with van der Waals surface area (Å²) >= 11 is 0. The van der Waals surface area contributed by atoms with Gasteiger partial charge in [0, 0.05) is 23.5 Å². The Hall–Kier alpha value is -3.15. The second-order valence-corrected chi connectivity index (χ2v) is 4.28. The van der Waals surface area contributed by atoms with E-state index in [1.165, 1.54) is 6.20 Å². The molecule has 0 aliphatic rings. The van der Waals surface area contributed by atoms with Crippen LogP contribution in [-0.4, -0.2) is 25.7 Å². The molecule has 6 heteroatoms. The molecule has 1 aromatic carbocycles. The number of anilines is 1. The Morgan fingerprint density at radius 3 is 2.48 bits per heavy atom. The second kappa shape index (κ2) is 5.46. The third-order valence-electron chi connectivity index (χ3n) is 2.81. The third-order valence-corrected chi connectivity index (χ3v) is 2.81. The van der Waals surface area contributed by atoms with Crippen LogP contribution in [-0.2, 0) is 0 Å². The average Bonchev–Trinajstić information content (AvgIpc) is 2.55. The molecule has 102 valence electrons. The van der Waals surface area contributed by atoms with Crippen molar-refractivity contribution in [2.24, 2.45) is 0 Å². The zero-order valence-corrected chi connectivity index (χ0v) is 11.0. The summed E-state index contributed by atoms with van der Waals surface area (Å²) < 4.78 is 0. The predicted octanol–water partition coefficient (Wildman–Crippen LogP) is 1.75. The van der Waals surface area contributed by atoms with Crippen LogP contribution in [0, 0.1) is 0 Å². The van der Waals surface area contributed by atoms with Gasteiger partial charge in [0.1, 0.15) is 0 Å². The monoisotopic (exact) mass is 277 g/mol. The molecule has 0 amide bonds. The van der Waals surface area contributed by atoms with Crippen LogP contribution >= 0.6 is 0 Å². The smallest absolute Gasteiger partial charge is 0.231 e. The number of carbonyl (C=O) groups excluding carboxylic acids is 1. The van der Waals surface area contributed by atoms with E-state index in [0.29, 0.717) is 11.4 Å². The van der Waals surface area contributed by atoms with Crippen molar-refractivity contribution < 1.29 is 4.79 Å². The van der Waals surface area contributed by atoms with E-state index in [0.717, 1.165) is 5.56 Å². The summed E-state index contributed by atoms with van der Waals surface area (Å²) in [5, 5.41) is 0. The van der Waals surface area contributed by atoms with E-state index in [-0.39, 0.29) is 17.6 Å². The van der Waals surface area contributed by atoms with Crippen molar-refractivity contribution >= 4 is 11.7 Å². The van der Waals surface area contributed by atoms with Gasteiger partial charge in [-0.1, -0.05) is 30.3 Å². The molecule has 0 aliphatic carbocycles. The zero-order valence-electron chi connectivity index (χ0n) is 11.0. The van der Waals surface area contributed by atoms with Crippen molar-refractivity contribution in [3.8, 4) is 11.4 Å². The van der Waals surface area contributed by atoms with Crippen LogP contribution in [0.25, 0.3) is 11.4 Å². The molecule has 0 saturated heterocycles. The van der Waals surface area contributed by atoms with Crippen molar-refractivity contribution in [3.05, 3.63) is 66.2 Å². The first-order valence-electron chi connectivity index (χ1n) is 6.26. The molecule has 3 aromatic rings. The number of ketones is 1. The van der Waals surface area contributed by atoms with Crippen molar-refractivity contribution in [2.45, 2.75) is 0 Å². The van der Waals surface area contributed by atoms with E-state index in [4.69, 9.17) is 5.73 Å². The maximum Gasteiger partial charge on any atom is 0.231 e. The summed E-state index contributed by atoms with van der Waals surface area (Å²) in [7, 11) is 0. The standard InChI is InChI=1S/C15H11N5O/c16-15-19-13(10-5-2-1-3-6-10)18-14(20-15)12(21)11-7-4-8-17-9-11/h1-9H,(H2,16,18,19,20). The molecule has 0 saturated carbocycles. The van der Waals surface area contributed by atoms with E-state index in [2.05, 4.69) is 19.9 Å². The van der Waals surface area contributed by atoms with Gasteiger partial charge in [-0.25, -0.2) is 4.98 Å². The van der Waals surface area contributed by atoms with Gasteiger partial charge in [-0.15, -0.1) is 0 Å². The van der Waals surface area contributed by atoms with E-state index >= 15 is 0 Å². The van der Waals surface area contributed by atoms with Gasteiger partial charge in [-0.3, -0.25) is 9.78 Å². The first kappa shape index (κ1) is 12.9. The summed E-state index contributed by atoms with van der Waals surface area (Å²) in [5.74, 6) is 0.0511. The largest absolute Gasteiger partial charge is 0.368 e. The molecule has 6 nitrogen and oxygen atoms in total. The Morgan fingerprint density at radius 1 is 0.952 bits per heavy atom. The number of nitrogen functional groups attached to an aromatic ring is 1. The van der Waals surface area contributed by atoms with E-state index in [9.17, 15) is 4.79 Å². The first-order valence-corrected chi connectivity index (χ1v) is 6.26. The summed E-state index contributed by atoms with van der Waals surface area (Å²) in [5.41, 5.74) is 6.86. The summed E-state index contributed by atoms with van der Waals surface area (Å²) in [4.78, 5) is 28.4. The molecule has 0 fully saturated rings. The van der Waals surface area contributed by atoms with Gasteiger partial charge in [0.2, 0.25) is 17.6 Å². The van der Waals surface area contributed by atoms with Crippen molar-refractivity contribution in [3.63, 3.8) is 0 Å². The molecule has 0 aliphatic heterocycles. The minimum Gasteiger partial charge on any atom is -0.368 e. The molecule has 0 radical (unpaired) electrons. The van der Waals surface area contributed by atoms with Crippen LogP contribution in [0.5, 0.6) is 0 Å². The minimum atomic E-state index is -0.339. The van der Waals surface area contributed by atoms with Crippen LogP contribution < -0.4 is 5.73 Å². The Bertz CT molecular complexity index is 775. The van der Waals surface area contributed by atoms with Gasteiger partial charge in [-0.05, 0) is 12.1 Å². The first-order chi connectivity index (χ1) is 10.2. The molecule has 0 bridgehead atoms. The van der Waals surface area contributed by atoms with Gasteiger partial charge < -0.3 is 5.73 Å². The number of carbonyl (C=O) groups is 1. The van der Waals surface area contributed by atoms with Gasteiger partial charge in [0.15, 0.2) is 5.82 Å². The van der Waals surface area contributed by atoms with Crippen LogP contribution in [0.15, 0.2) is 54.9 Å². The molecule has 2 aromatic heterocycles. The van der Waals surface area contributed by atoms with E-state index in [1.54, 1.807) is 18.3 Å².